The highest BCUT2D eigenvalue weighted by atomic mass is 16.6. The number of rotatable bonds is 6. The summed E-state index contributed by atoms with van der Waals surface area (Å²) in [5.41, 5.74) is 3.35. The summed E-state index contributed by atoms with van der Waals surface area (Å²) in [5.74, 6) is -0.136. The fourth-order valence-corrected chi connectivity index (χ4v) is 2.69. The average Bonchev–Trinajstić information content (AvgIpc) is 2.97. The van der Waals surface area contributed by atoms with Gasteiger partial charge < -0.3 is 13.9 Å². The molecule has 0 saturated carbocycles. The van der Waals surface area contributed by atoms with Gasteiger partial charge in [-0.3, -0.25) is 4.79 Å². The largest absolute Gasteiger partial charge is 0.482 e. The van der Waals surface area contributed by atoms with Crippen molar-refractivity contribution in [2.45, 2.75) is 20.8 Å². The van der Waals surface area contributed by atoms with Gasteiger partial charge in [0.2, 0.25) is 5.78 Å². The number of hydrogen-bond donors (Lipinski definition) is 0. The summed E-state index contributed by atoms with van der Waals surface area (Å²) in [6.07, 6.45) is 0. The molecule has 0 spiro atoms. The zero-order valence-electron chi connectivity index (χ0n) is 15.0. The lowest BCUT2D eigenvalue weighted by Crippen LogP contribution is -2.19. The lowest BCUT2D eigenvalue weighted by Gasteiger charge is -2.09. The van der Waals surface area contributed by atoms with E-state index in [9.17, 15) is 9.59 Å². The van der Waals surface area contributed by atoms with Crippen molar-refractivity contribution in [2.75, 3.05) is 13.2 Å². The third kappa shape index (κ3) is 3.77. The van der Waals surface area contributed by atoms with Crippen LogP contribution in [0.4, 0.5) is 0 Å². The summed E-state index contributed by atoms with van der Waals surface area (Å²) < 4.78 is 16.1. The van der Waals surface area contributed by atoms with E-state index in [0.29, 0.717) is 11.3 Å². The number of aryl methyl sites for hydroxylation is 3. The monoisotopic (exact) mass is 352 g/mol. The van der Waals surface area contributed by atoms with E-state index in [1.54, 1.807) is 6.07 Å². The summed E-state index contributed by atoms with van der Waals surface area (Å²) in [5, 5.41) is 0.875. The lowest BCUT2D eigenvalue weighted by molar-refractivity contribution is -0.144. The maximum Gasteiger partial charge on any atom is 0.344 e. The zero-order chi connectivity index (χ0) is 18.7. The van der Waals surface area contributed by atoms with Gasteiger partial charge in [0.25, 0.3) is 0 Å². The van der Waals surface area contributed by atoms with E-state index in [2.05, 4.69) is 0 Å². The zero-order valence-corrected chi connectivity index (χ0v) is 15.0. The molecule has 0 radical (unpaired) electrons. The topological polar surface area (TPSA) is 65.7 Å². The number of fused-ring (bicyclic) bond motifs is 1. The smallest absolute Gasteiger partial charge is 0.344 e. The third-order valence-electron chi connectivity index (χ3n) is 4.15. The quantitative estimate of drug-likeness (QED) is 0.492. The normalized spacial score (nSPS) is 10.7. The second kappa shape index (κ2) is 7.44. The van der Waals surface area contributed by atoms with Crippen LogP contribution in [0.15, 0.2) is 46.9 Å². The Bertz CT molecular complexity index is 968. The molecule has 1 aromatic heterocycles. The number of ether oxygens (including phenoxy) is 2. The standard InChI is InChI=1S/C21H20O5/c1-13-8-9-14(2)19(10-13)24-12-20(23)25-11-17(22)21-15(3)16-6-4-5-7-18(16)26-21/h4-10H,11-12H2,1-3H3. The van der Waals surface area contributed by atoms with Crippen molar-refractivity contribution in [1.29, 1.82) is 0 Å². The Balaban J connectivity index is 1.57. The molecule has 2 aromatic carbocycles. The molecule has 1 heterocycles. The van der Waals surface area contributed by atoms with Crippen LogP contribution in [0, 0.1) is 20.8 Å². The van der Waals surface area contributed by atoms with Gasteiger partial charge in [-0.25, -0.2) is 4.79 Å². The number of esters is 1. The molecule has 0 N–H and O–H groups in total. The van der Waals surface area contributed by atoms with Gasteiger partial charge in [-0.2, -0.15) is 0 Å². The summed E-state index contributed by atoms with van der Waals surface area (Å²) in [4.78, 5) is 24.2. The van der Waals surface area contributed by atoms with Gasteiger partial charge in [0, 0.05) is 10.9 Å². The number of carbonyl (C=O) groups is 2. The first kappa shape index (κ1) is 17.7. The van der Waals surface area contributed by atoms with E-state index in [0.717, 1.165) is 22.1 Å². The molecular formula is C21H20O5. The molecule has 0 aliphatic rings. The van der Waals surface area contributed by atoms with E-state index in [1.165, 1.54) is 0 Å². The molecule has 0 aliphatic heterocycles. The summed E-state index contributed by atoms with van der Waals surface area (Å²) >= 11 is 0. The Kier molecular flexibility index (Phi) is 5.07. The van der Waals surface area contributed by atoms with E-state index >= 15 is 0 Å². The van der Waals surface area contributed by atoms with Gasteiger partial charge in [-0.1, -0.05) is 30.3 Å². The summed E-state index contributed by atoms with van der Waals surface area (Å²) in [7, 11) is 0. The van der Waals surface area contributed by atoms with E-state index < -0.39 is 5.97 Å². The highest BCUT2D eigenvalue weighted by Gasteiger charge is 2.19. The first-order valence-electron chi connectivity index (χ1n) is 8.32. The highest BCUT2D eigenvalue weighted by Crippen LogP contribution is 2.25. The van der Waals surface area contributed by atoms with Gasteiger partial charge in [-0.15, -0.1) is 0 Å². The van der Waals surface area contributed by atoms with Crippen molar-refractivity contribution in [3.05, 3.63) is 64.9 Å². The van der Waals surface area contributed by atoms with Crippen molar-refractivity contribution < 1.29 is 23.5 Å². The molecule has 0 bridgehead atoms. The molecular weight excluding hydrogens is 332 g/mol. The van der Waals surface area contributed by atoms with Crippen LogP contribution in [0.1, 0.15) is 27.2 Å². The van der Waals surface area contributed by atoms with Gasteiger partial charge in [0.05, 0.1) is 0 Å². The Morgan fingerprint density at radius 1 is 1.00 bits per heavy atom. The maximum absolute atomic E-state index is 12.3. The van der Waals surface area contributed by atoms with E-state index in [1.807, 2.05) is 57.2 Å². The molecule has 0 saturated heterocycles. The predicted molar refractivity (Wildman–Crippen MR) is 97.7 cm³/mol. The van der Waals surface area contributed by atoms with Crippen molar-refractivity contribution in [3.63, 3.8) is 0 Å². The van der Waals surface area contributed by atoms with Crippen LogP contribution in [0.2, 0.25) is 0 Å². The van der Waals surface area contributed by atoms with Crippen molar-refractivity contribution in [3.8, 4) is 5.75 Å². The number of hydrogen-bond acceptors (Lipinski definition) is 5. The number of benzene rings is 2. The summed E-state index contributed by atoms with van der Waals surface area (Å²) in [6, 6.07) is 13.1. The van der Waals surface area contributed by atoms with E-state index in [-0.39, 0.29) is 24.8 Å². The molecule has 0 unspecified atom stereocenters. The number of ketones is 1. The molecule has 0 aliphatic carbocycles. The minimum atomic E-state index is -0.604. The molecule has 0 atom stereocenters. The molecule has 26 heavy (non-hydrogen) atoms. The second-order valence-electron chi connectivity index (χ2n) is 6.19. The Labute approximate surface area is 151 Å². The minimum absolute atomic E-state index is 0.217. The third-order valence-corrected chi connectivity index (χ3v) is 4.15. The van der Waals surface area contributed by atoms with Crippen LogP contribution in [-0.4, -0.2) is 25.0 Å². The van der Waals surface area contributed by atoms with Gasteiger partial charge in [-0.05, 0) is 44.0 Å². The molecule has 5 nitrogen and oxygen atoms in total. The Morgan fingerprint density at radius 2 is 1.77 bits per heavy atom. The first-order valence-corrected chi connectivity index (χ1v) is 8.32. The molecule has 0 amide bonds. The predicted octanol–water partition coefficient (Wildman–Crippen LogP) is 4.16. The van der Waals surface area contributed by atoms with Crippen LogP contribution in [0.25, 0.3) is 11.0 Å². The molecule has 0 fully saturated rings. The number of carbonyl (C=O) groups excluding carboxylic acids is 2. The SMILES string of the molecule is Cc1ccc(C)c(OCC(=O)OCC(=O)c2oc3ccccc3c2C)c1. The van der Waals surface area contributed by atoms with Gasteiger partial charge in [0.1, 0.15) is 11.3 Å². The number of Topliss-reactive ketones (excluding diaryl/α,β-unsaturated/α-hetero) is 1. The van der Waals surface area contributed by atoms with Crippen molar-refractivity contribution in [1.82, 2.24) is 0 Å². The highest BCUT2D eigenvalue weighted by molar-refractivity contribution is 6.01. The first-order chi connectivity index (χ1) is 12.5. The van der Waals surface area contributed by atoms with Crippen LogP contribution in [0.3, 0.4) is 0 Å². The maximum atomic E-state index is 12.3. The fraction of sp³-hybridized carbons (Fsp3) is 0.238. The van der Waals surface area contributed by atoms with Crippen LogP contribution < -0.4 is 4.74 Å². The molecule has 5 heteroatoms. The average molecular weight is 352 g/mol. The van der Waals surface area contributed by atoms with Crippen LogP contribution in [-0.2, 0) is 9.53 Å². The van der Waals surface area contributed by atoms with Crippen molar-refractivity contribution >= 4 is 22.7 Å². The van der Waals surface area contributed by atoms with Gasteiger partial charge >= 0.3 is 5.97 Å². The minimum Gasteiger partial charge on any atom is -0.482 e. The fourth-order valence-electron chi connectivity index (χ4n) is 2.69. The van der Waals surface area contributed by atoms with Crippen LogP contribution in [0.5, 0.6) is 5.75 Å². The lowest BCUT2D eigenvalue weighted by atomic mass is 10.1. The molecule has 134 valence electrons. The second-order valence-corrected chi connectivity index (χ2v) is 6.19. The van der Waals surface area contributed by atoms with Crippen molar-refractivity contribution in [2.24, 2.45) is 0 Å². The Morgan fingerprint density at radius 3 is 2.54 bits per heavy atom. The number of furan rings is 1. The molecule has 3 rings (SSSR count). The Hall–Kier alpha value is -3.08. The van der Waals surface area contributed by atoms with Crippen LogP contribution >= 0.6 is 0 Å². The van der Waals surface area contributed by atoms with Gasteiger partial charge in [0.15, 0.2) is 19.0 Å². The number of para-hydroxylation sites is 1. The van der Waals surface area contributed by atoms with E-state index in [4.69, 9.17) is 13.9 Å². The molecule has 3 aromatic rings. The summed E-state index contributed by atoms with van der Waals surface area (Å²) in [6.45, 7) is 5.02.